The highest BCUT2D eigenvalue weighted by atomic mass is 16.3. The van der Waals surface area contributed by atoms with Gasteiger partial charge >= 0.3 is 0 Å². The fraction of sp³-hybridized carbons (Fsp3) is 0. The second-order valence-electron chi connectivity index (χ2n) is 32.4. The van der Waals surface area contributed by atoms with Crippen LogP contribution in [0.3, 0.4) is 0 Å². The van der Waals surface area contributed by atoms with Crippen LogP contribution in [0.15, 0.2) is 480 Å². The average Bonchev–Trinajstić information content (AvgIpc) is 1.63. The summed E-state index contributed by atoms with van der Waals surface area (Å²) in [5, 5.41) is 28.1. The van der Waals surface area contributed by atoms with Crippen LogP contribution in [0.5, 0.6) is 0 Å². The molecule has 26 aromatic rings. The van der Waals surface area contributed by atoms with Crippen molar-refractivity contribution in [1.82, 2.24) is 0 Å². The van der Waals surface area contributed by atoms with Crippen molar-refractivity contribution in [3.63, 3.8) is 0 Å². The molecule has 0 unspecified atom stereocenters. The number of anilines is 9. The summed E-state index contributed by atoms with van der Waals surface area (Å²) < 4.78 is 19.8. The molecule has 126 heavy (non-hydrogen) atoms. The Labute approximate surface area is 726 Å². The number of para-hydroxylation sites is 3. The van der Waals surface area contributed by atoms with Crippen LogP contribution in [0.4, 0.5) is 51.2 Å². The molecule has 6 nitrogen and oxygen atoms in total. The molecule has 23 aromatic carbocycles. The Bertz CT molecular complexity index is 8680. The maximum absolute atomic E-state index is 6.61. The van der Waals surface area contributed by atoms with Crippen molar-refractivity contribution in [2.75, 3.05) is 14.7 Å². The van der Waals surface area contributed by atoms with Crippen LogP contribution in [0, 0.1) is 0 Å². The van der Waals surface area contributed by atoms with Crippen LogP contribution in [0.25, 0.3) is 185 Å². The minimum Gasteiger partial charge on any atom is -0.455 e. The predicted molar refractivity (Wildman–Crippen MR) is 534 cm³/mol. The second kappa shape index (κ2) is 30.7. The normalized spacial score (nSPS) is 11.7. The van der Waals surface area contributed by atoms with Crippen LogP contribution < -0.4 is 14.7 Å². The van der Waals surface area contributed by atoms with Crippen molar-refractivity contribution in [3.8, 4) is 22.3 Å². The van der Waals surface area contributed by atoms with E-state index in [9.17, 15) is 0 Å². The van der Waals surface area contributed by atoms with Crippen molar-refractivity contribution in [2.45, 2.75) is 0 Å². The maximum Gasteiger partial charge on any atom is 0.145 e. The molecule has 3 aromatic heterocycles. The zero-order valence-electron chi connectivity index (χ0n) is 68.5. The third-order valence-corrected chi connectivity index (χ3v) is 25.2. The zero-order valence-corrected chi connectivity index (χ0v) is 68.5. The number of rotatable bonds is 11. The van der Waals surface area contributed by atoms with Crippen molar-refractivity contribution < 1.29 is 13.3 Å². The lowest BCUT2D eigenvalue weighted by Crippen LogP contribution is -2.11. The molecule has 0 spiro atoms. The molecule has 0 aliphatic heterocycles. The van der Waals surface area contributed by atoms with Gasteiger partial charge in [-0.1, -0.05) is 376 Å². The molecule has 0 radical (unpaired) electrons. The third-order valence-electron chi connectivity index (χ3n) is 25.2. The van der Waals surface area contributed by atoms with Gasteiger partial charge in [0.25, 0.3) is 0 Å². The van der Waals surface area contributed by atoms with Gasteiger partial charge in [-0.15, -0.1) is 0 Å². The lowest BCUT2D eigenvalue weighted by molar-refractivity contribution is 0.672. The summed E-state index contributed by atoms with van der Waals surface area (Å²) in [5.74, 6) is 0. The van der Waals surface area contributed by atoms with Gasteiger partial charge in [-0.05, 0) is 172 Å². The van der Waals surface area contributed by atoms with Gasteiger partial charge < -0.3 is 28.0 Å². The largest absolute Gasteiger partial charge is 0.455 e. The predicted octanol–water partition coefficient (Wildman–Crippen LogP) is 34.9. The molecule has 590 valence electrons. The Hall–Kier alpha value is -16.8. The number of nitrogens with zero attached hydrogens (tertiary/aromatic N) is 3. The molecule has 0 fully saturated rings. The highest BCUT2D eigenvalue weighted by Gasteiger charge is 2.29. The van der Waals surface area contributed by atoms with Gasteiger partial charge in [-0.25, -0.2) is 0 Å². The molecule has 0 atom stereocenters. The molecule has 0 saturated heterocycles. The second-order valence-corrected chi connectivity index (χ2v) is 32.4. The number of hydrogen-bond acceptors (Lipinski definition) is 6. The van der Waals surface area contributed by atoms with Gasteiger partial charge in [0.2, 0.25) is 0 Å². The standard InChI is InChI=1S/2C42H27NO.C36H23NO/c1-4-16-33-28(11-1)14-9-20-34(33)30-23-25-32(26-24-30)43(38-21-10-15-29-12-2-5-17-35(29)38)39-27-31-13-3-6-18-36(31)42-41(39)37-19-7-8-22-40(37)44-42;1-2-11-28(12-3-1)30-21-22-32-26-34(24-23-31(32)25-30)43(38-19-10-15-29-13-4-6-16-35(29)38)39-27-33-14-5-7-17-36(33)42-41(39)37-18-8-9-20-40(37)44-42;1-4-16-27-24(11-1)14-9-20-31(27)37(32-21-10-15-25-12-2-5-17-28(25)32)33-23-26-13-3-6-18-29(26)36-35(33)30-19-7-8-22-34(30)38-36/h2*1-27H;1-23H. The maximum atomic E-state index is 6.61. The van der Waals surface area contributed by atoms with E-state index in [-0.39, 0.29) is 0 Å². The quantitative estimate of drug-likeness (QED) is 0.129. The Balaban J connectivity index is 0.000000106. The van der Waals surface area contributed by atoms with Gasteiger partial charge in [0, 0.05) is 65.2 Å². The smallest absolute Gasteiger partial charge is 0.145 e. The first-order valence-corrected chi connectivity index (χ1v) is 43.0. The van der Waals surface area contributed by atoms with Crippen LogP contribution in [-0.2, 0) is 0 Å². The third kappa shape index (κ3) is 12.6. The Morgan fingerprint density at radius 2 is 0.429 bits per heavy atom. The zero-order chi connectivity index (χ0) is 83.1. The summed E-state index contributed by atoms with van der Waals surface area (Å²) in [6.07, 6.45) is 0. The van der Waals surface area contributed by atoms with E-state index in [0.717, 1.165) is 149 Å². The highest BCUT2D eigenvalue weighted by Crippen LogP contribution is 2.53. The fourth-order valence-electron chi connectivity index (χ4n) is 19.4. The topological polar surface area (TPSA) is 49.1 Å². The first-order valence-electron chi connectivity index (χ1n) is 43.0. The molecule has 3 heterocycles. The molecule has 0 amide bonds. The molecule has 26 rings (SSSR count). The van der Waals surface area contributed by atoms with Crippen LogP contribution in [-0.4, -0.2) is 0 Å². The summed E-state index contributed by atoms with van der Waals surface area (Å²) in [5.41, 5.74) is 20.3. The van der Waals surface area contributed by atoms with Crippen LogP contribution >= 0.6 is 0 Å². The summed E-state index contributed by atoms with van der Waals surface area (Å²) in [6.45, 7) is 0. The molecule has 0 saturated carbocycles. The highest BCUT2D eigenvalue weighted by molar-refractivity contribution is 6.26. The molecule has 0 aliphatic carbocycles. The van der Waals surface area contributed by atoms with Crippen molar-refractivity contribution in [2.24, 2.45) is 0 Å². The summed E-state index contributed by atoms with van der Waals surface area (Å²) in [7, 11) is 0. The summed E-state index contributed by atoms with van der Waals surface area (Å²) in [6, 6.07) is 167. The monoisotopic (exact) mass is 1610 g/mol. The molecule has 0 N–H and O–H groups in total. The molecule has 6 heteroatoms. The van der Waals surface area contributed by atoms with E-state index in [4.69, 9.17) is 13.3 Å². The van der Waals surface area contributed by atoms with Crippen LogP contribution in [0.1, 0.15) is 0 Å². The number of benzene rings is 23. The minimum atomic E-state index is 0.893. The number of hydrogen-bond donors (Lipinski definition) is 0. The number of furan rings is 3. The minimum absolute atomic E-state index is 0.893. The number of fused-ring (bicyclic) bond motifs is 21. The van der Waals surface area contributed by atoms with Gasteiger partial charge in [-0.2, -0.15) is 0 Å². The van der Waals surface area contributed by atoms with Crippen molar-refractivity contribution in [1.29, 1.82) is 0 Å². The van der Waals surface area contributed by atoms with Gasteiger partial charge in [-0.3, -0.25) is 0 Å². The van der Waals surface area contributed by atoms with Crippen LogP contribution in [0.2, 0.25) is 0 Å². The van der Waals surface area contributed by atoms with E-state index < -0.39 is 0 Å². The fourth-order valence-corrected chi connectivity index (χ4v) is 19.4. The van der Waals surface area contributed by atoms with E-state index in [1.54, 1.807) is 0 Å². The van der Waals surface area contributed by atoms with E-state index in [0.29, 0.717) is 0 Å². The molecular formula is C120H77N3O3. The Morgan fingerprint density at radius 1 is 0.143 bits per heavy atom. The SMILES string of the molecule is c1ccc(-c2ccc3cc(N(c4cccc5ccccc45)c4cc5ccccc5c5oc6ccccc6c45)ccc3c2)cc1.c1ccc2c(-c3ccc(N(c4cccc5ccccc45)c4cc5ccccc5c5oc6ccccc6c45)cc3)cccc2c1.c1ccc2c(N(c3cccc4ccccc34)c3cc4ccccc4c4oc5ccccc5c34)cccc2c1. The Morgan fingerprint density at radius 3 is 0.849 bits per heavy atom. The van der Waals surface area contributed by atoms with E-state index in [2.05, 4.69) is 464 Å². The average molecular weight is 1610 g/mol. The van der Waals surface area contributed by atoms with Crippen molar-refractivity contribution in [3.05, 3.63) is 467 Å². The first kappa shape index (κ1) is 73.1. The van der Waals surface area contributed by atoms with Gasteiger partial charge in [0.15, 0.2) is 0 Å². The molecule has 0 bridgehead atoms. The Kier molecular flexibility index (Phi) is 17.8. The van der Waals surface area contributed by atoms with E-state index >= 15 is 0 Å². The summed E-state index contributed by atoms with van der Waals surface area (Å²) in [4.78, 5) is 7.26. The van der Waals surface area contributed by atoms with Gasteiger partial charge in [0.1, 0.15) is 33.5 Å². The molecule has 0 aliphatic rings. The first-order chi connectivity index (χ1) is 62.5. The lowest BCUT2D eigenvalue weighted by atomic mass is 9.97. The molecular weight excluding hydrogens is 1530 g/mol. The lowest BCUT2D eigenvalue weighted by Gasteiger charge is -2.29. The van der Waals surface area contributed by atoms with Crippen molar-refractivity contribution >= 4 is 214 Å². The van der Waals surface area contributed by atoms with E-state index in [1.165, 1.54) is 86.9 Å². The summed E-state index contributed by atoms with van der Waals surface area (Å²) >= 11 is 0. The van der Waals surface area contributed by atoms with Gasteiger partial charge in [0.05, 0.1) is 56.0 Å². The van der Waals surface area contributed by atoms with E-state index in [1.807, 2.05) is 18.2 Å².